The van der Waals surface area contributed by atoms with Gasteiger partial charge >= 0.3 is 0 Å². The summed E-state index contributed by atoms with van der Waals surface area (Å²) in [7, 11) is 0. The molecule has 3 heteroatoms. The van der Waals surface area contributed by atoms with Crippen LogP contribution < -0.4 is 24.8 Å². The SMILES string of the molecule is CC(C)c1cc(-c2ccccc2)c[cH-]1.[Cl-].[Cl-].[Hf]. The van der Waals surface area contributed by atoms with Crippen LogP contribution in [0, 0.1) is 0 Å². The van der Waals surface area contributed by atoms with Crippen LogP contribution in [0.15, 0.2) is 48.5 Å². The molecule has 0 N–H and O–H groups in total. The third-order valence-corrected chi connectivity index (χ3v) is 2.55. The van der Waals surface area contributed by atoms with Crippen LogP contribution in [-0.4, -0.2) is 0 Å². The van der Waals surface area contributed by atoms with Crippen LogP contribution in [0.25, 0.3) is 11.1 Å². The molecule has 0 heterocycles. The van der Waals surface area contributed by atoms with Crippen molar-refractivity contribution in [2.45, 2.75) is 19.8 Å². The predicted molar refractivity (Wildman–Crippen MR) is 61.6 cm³/mol. The average Bonchev–Trinajstić information content (AvgIpc) is 2.68. The van der Waals surface area contributed by atoms with Gasteiger partial charge in [-0.25, -0.2) is 6.07 Å². The van der Waals surface area contributed by atoms with E-state index in [4.69, 9.17) is 0 Å². The van der Waals surface area contributed by atoms with Crippen LogP contribution in [0.2, 0.25) is 0 Å². The molecule has 92 valence electrons. The molecular formula is C14H15Cl2Hf-3. The van der Waals surface area contributed by atoms with Gasteiger partial charge < -0.3 is 24.8 Å². The second-order valence-corrected chi connectivity index (χ2v) is 3.95. The molecule has 0 saturated heterocycles. The van der Waals surface area contributed by atoms with Crippen LogP contribution in [0.1, 0.15) is 25.3 Å². The zero-order valence-electron chi connectivity index (χ0n) is 9.95. The number of rotatable bonds is 2. The van der Waals surface area contributed by atoms with Gasteiger partial charge in [0.15, 0.2) is 0 Å². The maximum Gasteiger partial charge on any atom is 0 e. The van der Waals surface area contributed by atoms with Crippen LogP contribution in [-0.2, 0) is 25.8 Å². The minimum absolute atomic E-state index is 0. The van der Waals surface area contributed by atoms with Gasteiger partial charge in [0.25, 0.3) is 0 Å². The third kappa shape index (κ3) is 5.03. The van der Waals surface area contributed by atoms with Gasteiger partial charge in [0.2, 0.25) is 0 Å². The van der Waals surface area contributed by atoms with E-state index < -0.39 is 0 Å². The van der Waals surface area contributed by atoms with Gasteiger partial charge in [-0.15, -0.1) is 0 Å². The van der Waals surface area contributed by atoms with Crippen LogP contribution in [0.4, 0.5) is 0 Å². The molecule has 2 aromatic rings. The molecule has 0 fully saturated rings. The topological polar surface area (TPSA) is 0 Å². The van der Waals surface area contributed by atoms with Crippen LogP contribution in [0.5, 0.6) is 0 Å². The molecule has 0 aliphatic heterocycles. The first-order valence-corrected chi connectivity index (χ1v) is 5.09. The van der Waals surface area contributed by atoms with Crippen molar-refractivity contribution in [3.05, 3.63) is 54.1 Å². The summed E-state index contributed by atoms with van der Waals surface area (Å²) in [6.45, 7) is 4.45. The zero-order valence-corrected chi connectivity index (χ0v) is 15.1. The van der Waals surface area contributed by atoms with E-state index in [1.54, 1.807) is 0 Å². The Morgan fingerprint density at radius 2 is 1.53 bits per heavy atom. The molecule has 2 aromatic carbocycles. The maximum atomic E-state index is 2.28. The fourth-order valence-electron chi connectivity index (χ4n) is 1.63. The number of benzene rings is 1. The van der Waals surface area contributed by atoms with Crippen molar-refractivity contribution in [1.82, 2.24) is 0 Å². The Morgan fingerprint density at radius 3 is 2.00 bits per heavy atom. The van der Waals surface area contributed by atoms with Crippen LogP contribution in [0.3, 0.4) is 0 Å². The Morgan fingerprint density at radius 1 is 0.941 bits per heavy atom. The zero-order chi connectivity index (χ0) is 9.97. The third-order valence-electron chi connectivity index (χ3n) is 2.55. The van der Waals surface area contributed by atoms with Crippen molar-refractivity contribution in [3.8, 4) is 11.1 Å². The minimum atomic E-state index is 0. The molecule has 0 aliphatic rings. The molecule has 0 bridgehead atoms. The van der Waals surface area contributed by atoms with E-state index >= 15 is 0 Å². The molecule has 0 atom stereocenters. The molecule has 0 radical (unpaired) electrons. The van der Waals surface area contributed by atoms with Gasteiger partial charge in [-0.3, -0.25) is 0 Å². The first-order chi connectivity index (χ1) is 6.77. The minimum Gasteiger partial charge on any atom is -1.00 e. The van der Waals surface area contributed by atoms with Crippen molar-refractivity contribution in [3.63, 3.8) is 0 Å². The molecule has 2 rings (SSSR count). The molecule has 0 aliphatic carbocycles. The summed E-state index contributed by atoms with van der Waals surface area (Å²) in [5, 5.41) is 0. The smallest absolute Gasteiger partial charge is 0 e. The molecule has 0 amide bonds. The van der Waals surface area contributed by atoms with Gasteiger partial charge in [-0.1, -0.05) is 49.7 Å². The van der Waals surface area contributed by atoms with Gasteiger partial charge in [0, 0.05) is 25.8 Å². The quantitative estimate of drug-likeness (QED) is 0.388. The summed E-state index contributed by atoms with van der Waals surface area (Å²) in [5.41, 5.74) is 4.05. The van der Waals surface area contributed by atoms with E-state index in [0.717, 1.165) is 0 Å². The van der Waals surface area contributed by atoms with Crippen molar-refractivity contribution < 1.29 is 50.7 Å². The average molecular weight is 433 g/mol. The fraction of sp³-hybridized carbons (Fsp3) is 0.214. The van der Waals surface area contributed by atoms with Gasteiger partial charge in [-0.05, 0) is 5.92 Å². The molecule has 17 heavy (non-hydrogen) atoms. The van der Waals surface area contributed by atoms with Gasteiger partial charge in [-0.2, -0.15) is 23.3 Å². The molecule has 0 saturated carbocycles. The summed E-state index contributed by atoms with van der Waals surface area (Å²) in [6.07, 6.45) is 0. The number of hydrogen-bond donors (Lipinski definition) is 0. The molecular weight excluding hydrogens is 418 g/mol. The van der Waals surface area contributed by atoms with E-state index in [2.05, 4.69) is 62.4 Å². The summed E-state index contributed by atoms with van der Waals surface area (Å²) < 4.78 is 0. The van der Waals surface area contributed by atoms with Crippen molar-refractivity contribution in [2.24, 2.45) is 0 Å². The Hall–Kier alpha value is 0.0201. The van der Waals surface area contributed by atoms with E-state index in [9.17, 15) is 0 Å². The summed E-state index contributed by atoms with van der Waals surface area (Å²) in [4.78, 5) is 0. The van der Waals surface area contributed by atoms with Crippen molar-refractivity contribution >= 4 is 0 Å². The monoisotopic (exact) mass is 433 g/mol. The Kier molecular flexibility index (Phi) is 10.3. The maximum absolute atomic E-state index is 2.28. The van der Waals surface area contributed by atoms with Crippen molar-refractivity contribution in [2.75, 3.05) is 0 Å². The second-order valence-electron chi connectivity index (χ2n) is 3.95. The standard InChI is InChI=1S/C14H15.2ClH.Hf/c1-11(2)13-8-9-14(10-13)12-6-4-3-5-7-12;;;/h3-11H,1-2H3;2*1H;/q-1;;;/p-2. The molecule has 0 unspecified atom stereocenters. The fourth-order valence-corrected chi connectivity index (χ4v) is 1.63. The number of halogens is 2. The second kappa shape index (κ2) is 9.02. The van der Waals surface area contributed by atoms with E-state index in [1.165, 1.54) is 16.7 Å². The normalized spacial score (nSPS) is 8.88. The summed E-state index contributed by atoms with van der Waals surface area (Å²) in [6, 6.07) is 17.2. The summed E-state index contributed by atoms with van der Waals surface area (Å²) >= 11 is 0. The Bertz CT molecular complexity index is 407. The van der Waals surface area contributed by atoms with E-state index in [1.807, 2.05) is 0 Å². The Labute approximate surface area is 135 Å². The first-order valence-electron chi connectivity index (χ1n) is 5.09. The largest absolute Gasteiger partial charge is 1.00 e. The van der Waals surface area contributed by atoms with E-state index in [-0.39, 0.29) is 50.7 Å². The van der Waals surface area contributed by atoms with Gasteiger partial charge in [0.05, 0.1) is 0 Å². The molecule has 0 aromatic heterocycles. The molecule has 0 nitrogen and oxygen atoms in total. The van der Waals surface area contributed by atoms with Gasteiger partial charge in [0.1, 0.15) is 0 Å². The number of hydrogen-bond acceptors (Lipinski definition) is 0. The van der Waals surface area contributed by atoms with Crippen LogP contribution >= 0.6 is 0 Å². The first kappa shape index (κ1) is 19.4. The van der Waals surface area contributed by atoms with E-state index in [0.29, 0.717) is 5.92 Å². The Balaban J connectivity index is 0. The predicted octanol–water partition coefficient (Wildman–Crippen LogP) is -1.80. The summed E-state index contributed by atoms with van der Waals surface area (Å²) in [5.74, 6) is 0.618. The molecule has 0 spiro atoms. The van der Waals surface area contributed by atoms with Crippen molar-refractivity contribution in [1.29, 1.82) is 0 Å².